The molecule has 3 rings (SSSR count). The van der Waals surface area contributed by atoms with E-state index in [0.717, 1.165) is 36.5 Å². The largest absolute Gasteiger partial charge is 0.484 e. The minimum Gasteiger partial charge on any atom is -0.484 e. The molecule has 0 spiro atoms. The SMILES string of the molecule is CNc1cc([C@H]2CCCN2C(=O)COc2ccccc2)ccn1. The van der Waals surface area contributed by atoms with Gasteiger partial charge in [-0.2, -0.15) is 0 Å². The number of amides is 1. The van der Waals surface area contributed by atoms with Gasteiger partial charge in [0, 0.05) is 19.8 Å². The Morgan fingerprint density at radius 1 is 1.35 bits per heavy atom. The van der Waals surface area contributed by atoms with E-state index in [4.69, 9.17) is 4.74 Å². The van der Waals surface area contributed by atoms with E-state index in [2.05, 4.69) is 10.3 Å². The van der Waals surface area contributed by atoms with E-state index in [1.807, 2.05) is 54.4 Å². The lowest BCUT2D eigenvalue weighted by Gasteiger charge is -2.25. The van der Waals surface area contributed by atoms with Crippen molar-refractivity contribution in [2.45, 2.75) is 18.9 Å². The maximum absolute atomic E-state index is 12.5. The summed E-state index contributed by atoms with van der Waals surface area (Å²) in [6.45, 7) is 0.851. The van der Waals surface area contributed by atoms with E-state index >= 15 is 0 Å². The van der Waals surface area contributed by atoms with E-state index in [1.165, 1.54) is 0 Å². The highest BCUT2D eigenvalue weighted by Gasteiger charge is 2.30. The van der Waals surface area contributed by atoms with Crippen LogP contribution >= 0.6 is 0 Å². The van der Waals surface area contributed by atoms with Crippen molar-refractivity contribution in [1.29, 1.82) is 0 Å². The number of hydrogen-bond donors (Lipinski definition) is 1. The highest BCUT2D eigenvalue weighted by atomic mass is 16.5. The molecule has 2 aromatic rings. The first-order chi connectivity index (χ1) is 11.3. The normalized spacial score (nSPS) is 17.1. The third kappa shape index (κ3) is 3.62. The Bertz CT molecular complexity index is 660. The van der Waals surface area contributed by atoms with Crippen LogP contribution < -0.4 is 10.1 Å². The van der Waals surface area contributed by atoms with E-state index in [1.54, 1.807) is 6.20 Å². The van der Waals surface area contributed by atoms with Crippen LogP contribution in [0.1, 0.15) is 24.4 Å². The standard InChI is InChI=1S/C18H21N3O2/c1-19-17-12-14(9-10-20-17)16-8-5-11-21(16)18(22)13-23-15-6-3-2-4-7-15/h2-4,6-7,9-10,12,16H,5,8,11,13H2,1H3,(H,19,20)/t16-/m1/s1. The molecule has 1 N–H and O–H groups in total. The Labute approximate surface area is 136 Å². The Balaban J connectivity index is 1.67. The van der Waals surface area contributed by atoms with E-state index in [9.17, 15) is 4.79 Å². The Morgan fingerprint density at radius 3 is 2.96 bits per heavy atom. The number of nitrogens with one attached hydrogen (secondary N) is 1. The predicted molar refractivity (Wildman–Crippen MR) is 89.4 cm³/mol. The molecule has 1 aliphatic rings. The average molecular weight is 311 g/mol. The van der Waals surface area contributed by atoms with Crippen LogP contribution in [0.5, 0.6) is 5.75 Å². The molecule has 120 valence electrons. The fraction of sp³-hybridized carbons (Fsp3) is 0.333. The molecule has 0 saturated carbocycles. The summed E-state index contributed by atoms with van der Waals surface area (Å²) in [5, 5.41) is 3.04. The van der Waals surface area contributed by atoms with Crippen molar-refractivity contribution in [3.8, 4) is 5.75 Å². The molecule has 2 heterocycles. The average Bonchev–Trinajstić information content (AvgIpc) is 3.10. The number of para-hydroxylation sites is 1. The van der Waals surface area contributed by atoms with Crippen molar-refractivity contribution in [2.75, 3.05) is 25.5 Å². The molecule has 0 aliphatic carbocycles. The van der Waals surface area contributed by atoms with Crippen LogP contribution in [0, 0.1) is 0 Å². The second-order valence-electron chi connectivity index (χ2n) is 5.57. The molecule has 5 nitrogen and oxygen atoms in total. The fourth-order valence-corrected chi connectivity index (χ4v) is 2.95. The lowest BCUT2D eigenvalue weighted by atomic mass is 10.1. The van der Waals surface area contributed by atoms with Gasteiger partial charge in [0.25, 0.3) is 5.91 Å². The van der Waals surface area contributed by atoms with Gasteiger partial charge in [0.05, 0.1) is 6.04 Å². The van der Waals surface area contributed by atoms with Gasteiger partial charge in [0.2, 0.25) is 0 Å². The lowest BCUT2D eigenvalue weighted by molar-refractivity contribution is -0.134. The Kier molecular flexibility index (Phi) is 4.76. The minimum absolute atomic E-state index is 0.0270. The number of ether oxygens (including phenoxy) is 1. The summed E-state index contributed by atoms with van der Waals surface area (Å²) in [6, 6.07) is 13.5. The first kappa shape index (κ1) is 15.3. The van der Waals surface area contributed by atoms with Gasteiger partial charge in [-0.15, -0.1) is 0 Å². The van der Waals surface area contributed by atoms with Gasteiger partial charge < -0.3 is 15.0 Å². The monoisotopic (exact) mass is 311 g/mol. The number of pyridine rings is 1. The van der Waals surface area contributed by atoms with Crippen LogP contribution in [-0.4, -0.2) is 36.0 Å². The first-order valence-corrected chi connectivity index (χ1v) is 7.89. The number of aromatic nitrogens is 1. The van der Waals surface area contributed by atoms with E-state index < -0.39 is 0 Å². The Morgan fingerprint density at radius 2 is 2.17 bits per heavy atom. The molecule has 1 aromatic heterocycles. The van der Waals surface area contributed by atoms with E-state index in [-0.39, 0.29) is 18.6 Å². The summed E-state index contributed by atoms with van der Waals surface area (Å²) in [4.78, 5) is 18.7. The van der Waals surface area contributed by atoms with Crippen molar-refractivity contribution in [3.05, 3.63) is 54.2 Å². The number of rotatable bonds is 5. The first-order valence-electron chi connectivity index (χ1n) is 7.89. The van der Waals surface area contributed by atoms with Crippen molar-refractivity contribution in [2.24, 2.45) is 0 Å². The smallest absolute Gasteiger partial charge is 0.261 e. The summed E-state index contributed by atoms with van der Waals surface area (Å²) in [6.07, 6.45) is 3.77. The number of carbonyl (C=O) groups excluding carboxylic acids is 1. The molecule has 1 saturated heterocycles. The number of benzene rings is 1. The second kappa shape index (κ2) is 7.13. The molecule has 1 aliphatic heterocycles. The zero-order valence-corrected chi connectivity index (χ0v) is 13.2. The van der Waals surface area contributed by atoms with Crippen molar-refractivity contribution >= 4 is 11.7 Å². The van der Waals surface area contributed by atoms with Gasteiger partial charge >= 0.3 is 0 Å². The molecule has 1 amide bonds. The molecule has 0 radical (unpaired) electrons. The van der Waals surface area contributed by atoms with Gasteiger partial charge in [0.1, 0.15) is 11.6 Å². The van der Waals surface area contributed by atoms with Crippen LogP contribution in [0.15, 0.2) is 48.7 Å². The van der Waals surface area contributed by atoms with E-state index in [0.29, 0.717) is 0 Å². The maximum Gasteiger partial charge on any atom is 0.261 e. The predicted octanol–water partition coefficient (Wildman–Crippen LogP) is 2.87. The van der Waals surface area contributed by atoms with Crippen molar-refractivity contribution in [1.82, 2.24) is 9.88 Å². The summed E-state index contributed by atoms with van der Waals surface area (Å²) in [5.74, 6) is 1.57. The summed E-state index contributed by atoms with van der Waals surface area (Å²) >= 11 is 0. The van der Waals surface area contributed by atoms with Crippen molar-refractivity contribution in [3.63, 3.8) is 0 Å². The molecule has 1 fully saturated rings. The van der Waals surface area contributed by atoms with Gasteiger partial charge in [0.15, 0.2) is 6.61 Å². The molecule has 1 aromatic carbocycles. The Hall–Kier alpha value is -2.56. The number of carbonyl (C=O) groups is 1. The van der Waals surface area contributed by atoms with Crippen LogP contribution in [0.3, 0.4) is 0 Å². The number of likely N-dealkylation sites (tertiary alicyclic amines) is 1. The molecular weight excluding hydrogens is 290 g/mol. The summed E-state index contributed by atoms with van der Waals surface area (Å²) < 4.78 is 5.59. The zero-order valence-electron chi connectivity index (χ0n) is 13.2. The third-order valence-corrected chi connectivity index (χ3v) is 4.10. The van der Waals surface area contributed by atoms with Crippen LogP contribution in [-0.2, 0) is 4.79 Å². The van der Waals surface area contributed by atoms with Crippen LogP contribution in [0.2, 0.25) is 0 Å². The number of hydrogen-bond acceptors (Lipinski definition) is 4. The van der Waals surface area contributed by atoms with Gasteiger partial charge in [-0.05, 0) is 42.7 Å². The molecular formula is C18H21N3O2. The topological polar surface area (TPSA) is 54.5 Å². The molecule has 0 unspecified atom stereocenters. The van der Waals surface area contributed by atoms with Crippen LogP contribution in [0.4, 0.5) is 5.82 Å². The lowest BCUT2D eigenvalue weighted by Crippen LogP contribution is -2.34. The maximum atomic E-state index is 12.5. The van der Waals surface area contributed by atoms with Crippen molar-refractivity contribution < 1.29 is 9.53 Å². The van der Waals surface area contributed by atoms with Gasteiger partial charge in [-0.3, -0.25) is 4.79 Å². The highest BCUT2D eigenvalue weighted by molar-refractivity contribution is 5.78. The molecule has 23 heavy (non-hydrogen) atoms. The highest BCUT2D eigenvalue weighted by Crippen LogP contribution is 2.32. The fourth-order valence-electron chi connectivity index (χ4n) is 2.95. The molecule has 1 atom stereocenters. The van der Waals surface area contributed by atoms with Gasteiger partial charge in [-0.25, -0.2) is 4.98 Å². The third-order valence-electron chi connectivity index (χ3n) is 4.10. The second-order valence-corrected chi connectivity index (χ2v) is 5.57. The summed E-state index contributed by atoms with van der Waals surface area (Å²) in [5.41, 5.74) is 1.12. The van der Waals surface area contributed by atoms with Gasteiger partial charge in [-0.1, -0.05) is 18.2 Å². The minimum atomic E-state index is 0.0270. The zero-order chi connectivity index (χ0) is 16.1. The molecule has 5 heteroatoms. The van der Waals surface area contributed by atoms with Crippen LogP contribution in [0.25, 0.3) is 0 Å². The summed E-state index contributed by atoms with van der Waals surface area (Å²) in [7, 11) is 1.84. The molecule has 0 bridgehead atoms. The number of anilines is 1. The quantitative estimate of drug-likeness (QED) is 0.922. The number of nitrogens with zero attached hydrogens (tertiary/aromatic N) is 2.